The van der Waals surface area contributed by atoms with Gasteiger partial charge in [0, 0.05) is 23.4 Å². The normalized spacial score (nSPS) is 21.9. The Morgan fingerprint density at radius 1 is 1.17 bits per heavy atom. The summed E-state index contributed by atoms with van der Waals surface area (Å²) in [5.74, 6) is 0.891. The van der Waals surface area contributed by atoms with Gasteiger partial charge in [-0.1, -0.05) is 38.0 Å². The smallest absolute Gasteiger partial charge is 0.251 e. The van der Waals surface area contributed by atoms with Crippen LogP contribution in [0.2, 0.25) is 0 Å². The second-order valence-electron chi connectivity index (χ2n) is 8.42. The van der Waals surface area contributed by atoms with Gasteiger partial charge < -0.3 is 5.32 Å². The highest BCUT2D eigenvalue weighted by molar-refractivity contribution is 7.23. The Kier molecular flexibility index (Phi) is 4.82. The number of carbonyl (C=O) groups is 1. The standard InChI is InChI=1S/C24H24FN3OS/c1-14-4-3-5-19(15(14)2)26-23(29)17-8-11-21-22(12-17)30-24-27-20(13-28(21)24)16-6-9-18(25)10-7-16/h6-15,19H,3-5H2,1-2H3,(H,26,29)/t14-,15-,19+/m1/s1. The van der Waals surface area contributed by atoms with Gasteiger partial charge in [0.2, 0.25) is 0 Å². The van der Waals surface area contributed by atoms with Crippen molar-refractivity contribution in [1.82, 2.24) is 14.7 Å². The summed E-state index contributed by atoms with van der Waals surface area (Å²) in [7, 11) is 0. The molecule has 1 fully saturated rings. The molecule has 1 saturated carbocycles. The average Bonchev–Trinajstić information content (AvgIpc) is 3.29. The number of rotatable bonds is 3. The molecule has 154 valence electrons. The van der Waals surface area contributed by atoms with E-state index < -0.39 is 0 Å². The number of nitrogens with one attached hydrogen (secondary N) is 1. The largest absolute Gasteiger partial charge is 0.349 e. The van der Waals surface area contributed by atoms with Crippen LogP contribution < -0.4 is 5.32 Å². The lowest BCUT2D eigenvalue weighted by Gasteiger charge is -2.34. The van der Waals surface area contributed by atoms with Crippen molar-refractivity contribution in [2.24, 2.45) is 11.8 Å². The lowest BCUT2D eigenvalue weighted by Crippen LogP contribution is -2.43. The van der Waals surface area contributed by atoms with Crippen molar-refractivity contribution in [2.45, 2.75) is 39.2 Å². The predicted molar refractivity (Wildman–Crippen MR) is 119 cm³/mol. The molecule has 2 aromatic heterocycles. The zero-order valence-corrected chi connectivity index (χ0v) is 17.9. The highest BCUT2D eigenvalue weighted by atomic mass is 32.1. The monoisotopic (exact) mass is 421 g/mol. The molecule has 0 spiro atoms. The molecule has 30 heavy (non-hydrogen) atoms. The fourth-order valence-corrected chi connectivity index (χ4v) is 5.49. The molecule has 4 aromatic rings. The number of aromatic nitrogens is 2. The SMILES string of the molecule is C[C@@H]1[C@H](C)CCC[C@@H]1NC(=O)c1ccc2c(c1)sc1nc(-c3ccc(F)cc3)cn12. The minimum Gasteiger partial charge on any atom is -0.349 e. The molecule has 0 unspecified atom stereocenters. The molecule has 4 nitrogen and oxygen atoms in total. The summed E-state index contributed by atoms with van der Waals surface area (Å²) in [5.41, 5.74) is 3.40. The molecule has 3 atom stereocenters. The number of fused-ring (bicyclic) bond motifs is 3. The first kappa shape index (κ1) is 19.2. The molecule has 1 N–H and O–H groups in total. The molecule has 0 bridgehead atoms. The Balaban J connectivity index is 1.42. The van der Waals surface area contributed by atoms with Gasteiger partial charge in [0.25, 0.3) is 5.91 Å². The first-order chi connectivity index (χ1) is 14.5. The Labute approximate surface area is 178 Å². The molecule has 5 rings (SSSR count). The molecule has 6 heteroatoms. The Morgan fingerprint density at radius 2 is 1.97 bits per heavy atom. The van der Waals surface area contributed by atoms with E-state index in [1.165, 1.54) is 25.0 Å². The first-order valence-corrected chi connectivity index (χ1v) is 11.3. The maximum Gasteiger partial charge on any atom is 0.251 e. The van der Waals surface area contributed by atoms with Crippen molar-refractivity contribution in [3.05, 3.63) is 60.0 Å². The lowest BCUT2D eigenvalue weighted by molar-refractivity contribution is 0.0891. The summed E-state index contributed by atoms with van der Waals surface area (Å²) >= 11 is 1.56. The molecule has 1 aliphatic rings. The Bertz CT molecular complexity index is 1230. The van der Waals surface area contributed by atoms with E-state index in [1.807, 2.05) is 28.8 Å². The van der Waals surface area contributed by atoms with Gasteiger partial charge in [-0.15, -0.1) is 0 Å². The minimum absolute atomic E-state index is 0.000825. The fraction of sp³-hybridized carbons (Fsp3) is 0.333. The highest BCUT2D eigenvalue weighted by Crippen LogP contribution is 2.32. The van der Waals surface area contributed by atoms with Crippen molar-refractivity contribution in [3.8, 4) is 11.3 Å². The van der Waals surface area contributed by atoms with Gasteiger partial charge in [-0.25, -0.2) is 9.37 Å². The molecule has 0 aliphatic heterocycles. The summed E-state index contributed by atoms with van der Waals surface area (Å²) in [4.78, 5) is 18.4. The molecule has 1 amide bonds. The highest BCUT2D eigenvalue weighted by Gasteiger charge is 2.28. The molecule has 1 aliphatic carbocycles. The molecule has 0 radical (unpaired) electrons. The zero-order valence-electron chi connectivity index (χ0n) is 17.1. The topological polar surface area (TPSA) is 46.4 Å². The molecule has 0 saturated heterocycles. The third kappa shape index (κ3) is 3.39. The second-order valence-corrected chi connectivity index (χ2v) is 9.43. The number of carbonyl (C=O) groups excluding carboxylic acids is 1. The summed E-state index contributed by atoms with van der Waals surface area (Å²) in [6.07, 6.45) is 5.44. The Hall–Kier alpha value is -2.73. The average molecular weight is 422 g/mol. The van der Waals surface area contributed by atoms with Crippen LogP contribution in [0.4, 0.5) is 4.39 Å². The van der Waals surface area contributed by atoms with E-state index >= 15 is 0 Å². The number of halogens is 1. The summed E-state index contributed by atoms with van der Waals surface area (Å²) in [5, 5.41) is 3.26. The van der Waals surface area contributed by atoms with Crippen LogP contribution in [0.25, 0.3) is 26.4 Å². The molecular weight excluding hydrogens is 397 g/mol. The van der Waals surface area contributed by atoms with Crippen molar-refractivity contribution < 1.29 is 9.18 Å². The number of imidazole rings is 1. The molecule has 2 heterocycles. The first-order valence-electron chi connectivity index (χ1n) is 10.5. The van der Waals surface area contributed by atoms with E-state index in [0.29, 0.717) is 17.4 Å². The predicted octanol–water partition coefficient (Wildman–Crippen LogP) is 5.91. The minimum atomic E-state index is -0.256. The summed E-state index contributed by atoms with van der Waals surface area (Å²) < 4.78 is 16.3. The van der Waals surface area contributed by atoms with Gasteiger partial charge in [-0.05, 0) is 60.7 Å². The maximum atomic E-state index is 13.2. The van der Waals surface area contributed by atoms with Crippen molar-refractivity contribution >= 4 is 32.4 Å². The number of thiazole rings is 1. The van der Waals surface area contributed by atoms with Crippen LogP contribution in [-0.2, 0) is 0 Å². The van der Waals surface area contributed by atoms with Crippen molar-refractivity contribution in [3.63, 3.8) is 0 Å². The maximum absolute atomic E-state index is 13.2. The van der Waals surface area contributed by atoms with E-state index in [1.54, 1.807) is 23.5 Å². The van der Waals surface area contributed by atoms with E-state index in [-0.39, 0.29) is 17.8 Å². The van der Waals surface area contributed by atoms with Gasteiger partial charge in [0.15, 0.2) is 4.96 Å². The molecular formula is C24H24FN3OS. The third-order valence-electron chi connectivity index (χ3n) is 6.52. The van der Waals surface area contributed by atoms with E-state index in [9.17, 15) is 9.18 Å². The number of amides is 1. The van der Waals surface area contributed by atoms with Crippen LogP contribution in [-0.4, -0.2) is 21.3 Å². The van der Waals surface area contributed by atoms with Crippen LogP contribution in [0.1, 0.15) is 43.5 Å². The Morgan fingerprint density at radius 3 is 2.77 bits per heavy atom. The van der Waals surface area contributed by atoms with Crippen LogP contribution in [0.15, 0.2) is 48.7 Å². The van der Waals surface area contributed by atoms with Gasteiger partial charge >= 0.3 is 0 Å². The molecule has 2 aromatic carbocycles. The quantitative estimate of drug-likeness (QED) is 0.447. The van der Waals surface area contributed by atoms with Crippen LogP contribution in [0.5, 0.6) is 0 Å². The number of hydrogen-bond donors (Lipinski definition) is 1. The summed E-state index contributed by atoms with van der Waals surface area (Å²) in [6.45, 7) is 4.52. The van der Waals surface area contributed by atoms with Crippen molar-refractivity contribution in [2.75, 3.05) is 0 Å². The van der Waals surface area contributed by atoms with Crippen LogP contribution in [0, 0.1) is 17.7 Å². The van der Waals surface area contributed by atoms with Crippen LogP contribution in [0.3, 0.4) is 0 Å². The second kappa shape index (κ2) is 7.51. The number of benzene rings is 2. The summed E-state index contributed by atoms with van der Waals surface area (Å²) in [6, 6.07) is 12.4. The fourth-order valence-electron chi connectivity index (χ4n) is 4.44. The van der Waals surface area contributed by atoms with Gasteiger partial charge in [0.1, 0.15) is 5.82 Å². The van der Waals surface area contributed by atoms with Gasteiger partial charge in [0.05, 0.1) is 15.9 Å². The van der Waals surface area contributed by atoms with Crippen LogP contribution >= 0.6 is 11.3 Å². The zero-order chi connectivity index (χ0) is 20.8. The van der Waals surface area contributed by atoms with Gasteiger partial charge in [-0.3, -0.25) is 9.20 Å². The van der Waals surface area contributed by atoms with Crippen molar-refractivity contribution in [1.29, 1.82) is 0 Å². The number of hydrogen-bond acceptors (Lipinski definition) is 3. The van der Waals surface area contributed by atoms with E-state index in [4.69, 9.17) is 4.98 Å². The van der Waals surface area contributed by atoms with E-state index in [0.717, 1.165) is 32.9 Å². The number of nitrogens with zero attached hydrogens (tertiary/aromatic N) is 2. The lowest BCUT2D eigenvalue weighted by atomic mass is 9.78. The third-order valence-corrected chi connectivity index (χ3v) is 7.54. The van der Waals surface area contributed by atoms with Gasteiger partial charge in [-0.2, -0.15) is 0 Å². The van der Waals surface area contributed by atoms with E-state index in [2.05, 4.69) is 19.2 Å².